The van der Waals surface area contributed by atoms with Crippen LogP contribution in [0.15, 0.2) is 60.2 Å². The van der Waals surface area contributed by atoms with Crippen LogP contribution in [0.1, 0.15) is 61.0 Å². The third kappa shape index (κ3) is 7.59. The van der Waals surface area contributed by atoms with Crippen LogP contribution in [0.3, 0.4) is 0 Å². The fraction of sp³-hybridized carbons (Fsp3) is 0.484. The van der Waals surface area contributed by atoms with Crippen LogP contribution in [0, 0.1) is 31.4 Å². The molecule has 3 rings (SSSR count). The Kier molecular flexibility index (Phi) is 9.43. The van der Waals surface area contributed by atoms with E-state index in [0.717, 1.165) is 30.4 Å². The maximum Gasteiger partial charge on any atom is 0.132 e. The van der Waals surface area contributed by atoms with E-state index in [4.69, 9.17) is 4.74 Å². The van der Waals surface area contributed by atoms with Crippen LogP contribution >= 0.6 is 0 Å². The van der Waals surface area contributed by atoms with E-state index in [-0.39, 0.29) is 11.7 Å². The Balaban J connectivity index is 1.69. The number of ether oxygens (including phenoxy) is 1. The molecule has 0 radical (unpaired) electrons. The fourth-order valence-electron chi connectivity index (χ4n) is 5.35. The molecular formula is C31H42F2NO+. The van der Waals surface area contributed by atoms with Gasteiger partial charge >= 0.3 is 0 Å². The van der Waals surface area contributed by atoms with Crippen molar-refractivity contribution in [3.63, 3.8) is 0 Å². The molecule has 0 saturated carbocycles. The summed E-state index contributed by atoms with van der Waals surface area (Å²) in [7, 11) is 4.54. The van der Waals surface area contributed by atoms with Crippen LogP contribution in [-0.2, 0) is 11.2 Å². The number of allylic oxidation sites excluding steroid dienone is 2. The number of likely N-dealkylation sites (N-methyl/N-ethyl adjacent to an activating group) is 1. The van der Waals surface area contributed by atoms with E-state index in [9.17, 15) is 8.78 Å². The van der Waals surface area contributed by atoms with Crippen LogP contribution in [0.5, 0.6) is 0 Å². The molecule has 0 amide bonds. The molecule has 190 valence electrons. The molecule has 0 bridgehead atoms. The first-order valence-electron chi connectivity index (χ1n) is 12.8. The van der Waals surface area contributed by atoms with Crippen molar-refractivity contribution in [2.24, 2.45) is 5.92 Å². The number of nitrogens with zero attached hydrogens (tertiary/aromatic N) is 1. The minimum Gasteiger partial charge on any atom is -0.368 e. The Morgan fingerprint density at radius 1 is 1.09 bits per heavy atom. The Hall–Kier alpha value is -2.30. The number of halogens is 2. The number of benzene rings is 2. The number of aryl methyl sites for hydroxylation is 2. The molecule has 2 aromatic carbocycles. The first-order valence-corrected chi connectivity index (χ1v) is 12.8. The van der Waals surface area contributed by atoms with Crippen molar-refractivity contribution in [2.45, 2.75) is 59.0 Å². The molecule has 1 unspecified atom stereocenters. The predicted octanol–water partition coefficient (Wildman–Crippen LogP) is 7.65. The second-order valence-corrected chi connectivity index (χ2v) is 10.9. The molecule has 0 fully saturated rings. The Bertz CT molecular complexity index is 1020. The molecule has 4 heteroatoms. The molecule has 0 spiro atoms. The van der Waals surface area contributed by atoms with Gasteiger partial charge < -0.3 is 9.22 Å². The summed E-state index contributed by atoms with van der Waals surface area (Å²) >= 11 is 0. The second-order valence-electron chi connectivity index (χ2n) is 10.9. The Morgan fingerprint density at radius 2 is 1.71 bits per heavy atom. The molecule has 35 heavy (non-hydrogen) atoms. The van der Waals surface area contributed by atoms with E-state index in [2.05, 4.69) is 65.7 Å². The van der Waals surface area contributed by atoms with Gasteiger partial charge in [-0.1, -0.05) is 42.5 Å². The van der Waals surface area contributed by atoms with E-state index < -0.39 is 11.6 Å². The van der Waals surface area contributed by atoms with Crippen molar-refractivity contribution in [2.75, 3.05) is 33.8 Å². The summed E-state index contributed by atoms with van der Waals surface area (Å²) in [5, 5.41) is 0. The van der Waals surface area contributed by atoms with Gasteiger partial charge in [-0.05, 0) is 93.2 Å². The summed E-state index contributed by atoms with van der Waals surface area (Å²) in [6, 6.07) is 10.4. The lowest BCUT2D eigenvalue weighted by atomic mass is 9.85. The summed E-state index contributed by atoms with van der Waals surface area (Å²) in [6.07, 6.45) is 6.64. The van der Waals surface area contributed by atoms with E-state index in [1.54, 1.807) is 0 Å². The average Bonchev–Trinajstić information content (AvgIpc) is 2.77. The van der Waals surface area contributed by atoms with Crippen LogP contribution < -0.4 is 0 Å². The minimum absolute atomic E-state index is 0.0796. The van der Waals surface area contributed by atoms with E-state index in [0.29, 0.717) is 25.4 Å². The van der Waals surface area contributed by atoms with Gasteiger partial charge in [0.1, 0.15) is 24.3 Å². The zero-order valence-corrected chi connectivity index (χ0v) is 22.2. The SMILES string of the molecule is C=C(C)[C@H]1CC=C(C[N+](C)(C)CC(OCCCc2c(F)cccc2F)c2c(C)cccc2C)CC1. The molecule has 0 aliphatic heterocycles. The highest BCUT2D eigenvalue weighted by Gasteiger charge is 2.28. The second kappa shape index (κ2) is 12.1. The normalized spacial score (nSPS) is 17.2. The smallest absolute Gasteiger partial charge is 0.132 e. The van der Waals surface area contributed by atoms with E-state index in [1.807, 2.05) is 0 Å². The van der Waals surface area contributed by atoms with Crippen LogP contribution in [0.2, 0.25) is 0 Å². The van der Waals surface area contributed by atoms with Gasteiger partial charge in [0.15, 0.2) is 0 Å². The first kappa shape index (κ1) is 27.3. The van der Waals surface area contributed by atoms with Gasteiger partial charge in [0.05, 0.1) is 20.6 Å². The van der Waals surface area contributed by atoms with Gasteiger partial charge in [0, 0.05) is 12.2 Å². The Morgan fingerprint density at radius 3 is 2.29 bits per heavy atom. The van der Waals surface area contributed by atoms with Crippen molar-refractivity contribution in [1.82, 2.24) is 0 Å². The maximum atomic E-state index is 14.0. The van der Waals surface area contributed by atoms with Gasteiger partial charge in [0.2, 0.25) is 0 Å². The Labute approximate surface area is 210 Å². The summed E-state index contributed by atoms with van der Waals surface area (Å²) < 4.78 is 35.4. The van der Waals surface area contributed by atoms with Crippen molar-refractivity contribution >= 4 is 0 Å². The molecular weight excluding hydrogens is 440 g/mol. The van der Waals surface area contributed by atoms with Gasteiger partial charge in [-0.3, -0.25) is 0 Å². The molecule has 2 aromatic rings. The number of quaternary nitrogens is 1. The summed E-state index contributed by atoms with van der Waals surface area (Å²) in [6.45, 7) is 12.8. The van der Waals surface area contributed by atoms with Crippen LogP contribution in [0.4, 0.5) is 8.78 Å². The van der Waals surface area contributed by atoms with Crippen molar-refractivity contribution < 1.29 is 18.0 Å². The summed E-state index contributed by atoms with van der Waals surface area (Å²) in [5.74, 6) is -0.355. The standard InChI is InChI=1S/C31H42F2NO/c1-22(2)26-17-15-25(16-18-26)20-34(5,6)21-30(31-23(3)10-7-11-24(31)4)35-19-9-12-27-28(32)13-8-14-29(27)33/h7-8,10-11,13-15,26,30H,1,9,12,16-21H2,2-6H3/q+1/t26-,30?/m0/s1. The van der Waals surface area contributed by atoms with Gasteiger partial charge in [0.25, 0.3) is 0 Å². The minimum atomic E-state index is -0.483. The molecule has 0 heterocycles. The third-order valence-corrected chi connectivity index (χ3v) is 7.31. The van der Waals surface area contributed by atoms with E-state index in [1.165, 1.54) is 52.5 Å². The number of hydrogen-bond donors (Lipinski definition) is 0. The highest BCUT2D eigenvalue weighted by Crippen LogP contribution is 2.31. The van der Waals surface area contributed by atoms with Crippen molar-refractivity contribution in [1.29, 1.82) is 0 Å². The quantitative estimate of drug-likeness (QED) is 0.182. The van der Waals surface area contributed by atoms with E-state index >= 15 is 0 Å². The largest absolute Gasteiger partial charge is 0.368 e. The van der Waals surface area contributed by atoms with Crippen molar-refractivity contribution in [3.8, 4) is 0 Å². The first-order chi connectivity index (χ1) is 16.6. The molecule has 2 nitrogen and oxygen atoms in total. The molecule has 0 aromatic heterocycles. The fourth-order valence-corrected chi connectivity index (χ4v) is 5.35. The summed E-state index contributed by atoms with van der Waals surface area (Å²) in [5.41, 5.74) is 6.62. The zero-order chi connectivity index (χ0) is 25.6. The van der Waals surface area contributed by atoms with Crippen LogP contribution in [-0.4, -0.2) is 38.3 Å². The molecule has 1 aliphatic carbocycles. The average molecular weight is 483 g/mol. The third-order valence-electron chi connectivity index (χ3n) is 7.31. The molecule has 0 saturated heterocycles. The molecule has 2 atom stereocenters. The highest BCUT2D eigenvalue weighted by atomic mass is 19.1. The topological polar surface area (TPSA) is 9.23 Å². The van der Waals surface area contributed by atoms with Crippen molar-refractivity contribution in [3.05, 3.63) is 94.1 Å². The molecule has 0 N–H and O–H groups in total. The lowest BCUT2D eigenvalue weighted by Gasteiger charge is -2.36. The lowest BCUT2D eigenvalue weighted by Crippen LogP contribution is -2.45. The monoisotopic (exact) mass is 482 g/mol. The maximum absolute atomic E-state index is 14.0. The molecule has 1 aliphatic rings. The number of hydrogen-bond acceptors (Lipinski definition) is 1. The van der Waals surface area contributed by atoms with Gasteiger partial charge in [-0.25, -0.2) is 8.78 Å². The highest BCUT2D eigenvalue weighted by molar-refractivity contribution is 5.35. The van der Waals surface area contributed by atoms with Crippen LogP contribution in [0.25, 0.3) is 0 Å². The van der Waals surface area contributed by atoms with Gasteiger partial charge in [-0.2, -0.15) is 0 Å². The summed E-state index contributed by atoms with van der Waals surface area (Å²) in [4.78, 5) is 0. The number of rotatable bonds is 11. The predicted molar refractivity (Wildman–Crippen MR) is 141 cm³/mol. The zero-order valence-electron chi connectivity index (χ0n) is 22.2. The van der Waals surface area contributed by atoms with Gasteiger partial charge in [-0.15, -0.1) is 0 Å². The lowest BCUT2D eigenvalue weighted by molar-refractivity contribution is -0.889.